The van der Waals surface area contributed by atoms with Gasteiger partial charge >= 0.3 is 12.2 Å². The Morgan fingerprint density at radius 1 is 0.968 bits per heavy atom. The van der Waals surface area contributed by atoms with Gasteiger partial charge in [-0.15, -0.1) is 0 Å². The summed E-state index contributed by atoms with van der Waals surface area (Å²) in [5.74, 6) is 1.47. The minimum absolute atomic E-state index is 0.0528. The van der Waals surface area contributed by atoms with Gasteiger partial charge in [-0.2, -0.15) is 0 Å². The van der Waals surface area contributed by atoms with E-state index < -0.39 is 17.8 Å². The molecule has 5 aliphatic rings. The maximum absolute atomic E-state index is 12.0. The third kappa shape index (κ3) is 4.75. The molecular formula is C23H32N2O6. The number of nitrogens with two attached hydrogens (primary N) is 2. The minimum atomic E-state index is -0.951. The van der Waals surface area contributed by atoms with Gasteiger partial charge in [0.25, 0.3) is 0 Å². The van der Waals surface area contributed by atoms with E-state index in [0.717, 1.165) is 51.4 Å². The summed E-state index contributed by atoms with van der Waals surface area (Å²) in [7, 11) is 0. The Labute approximate surface area is 182 Å². The molecule has 7 atom stereocenters. The number of carbonyl (C=O) groups is 2. The molecule has 2 amide bonds. The fraction of sp³-hybridized carbons (Fsp3) is 0.739. The average Bonchev–Trinajstić information content (AvgIpc) is 3.60. The van der Waals surface area contributed by atoms with E-state index >= 15 is 0 Å². The van der Waals surface area contributed by atoms with Gasteiger partial charge in [-0.05, 0) is 75.4 Å². The van der Waals surface area contributed by atoms with Gasteiger partial charge in [0.15, 0.2) is 0 Å². The van der Waals surface area contributed by atoms with Crippen molar-refractivity contribution in [3.8, 4) is 0 Å². The van der Waals surface area contributed by atoms with Crippen molar-refractivity contribution in [2.75, 3.05) is 0 Å². The first-order valence-electron chi connectivity index (χ1n) is 11.6. The summed E-state index contributed by atoms with van der Waals surface area (Å²) >= 11 is 0. The molecule has 0 bridgehead atoms. The highest BCUT2D eigenvalue weighted by Gasteiger charge is 2.50. The van der Waals surface area contributed by atoms with Gasteiger partial charge < -0.3 is 30.4 Å². The van der Waals surface area contributed by atoms with Crippen LogP contribution in [0.2, 0.25) is 0 Å². The van der Waals surface area contributed by atoms with Gasteiger partial charge in [0.1, 0.15) is 11.4 Å². The zero-order chi connectivity index (χ0) is 21.6. The molecule has 2 saturated heterocycles. The van der Waals surface area contributed by atoms with Crippen LogP contribution in [-0.2, 0) is 18.9 Å². The lowest BCUT2D eigenvalue weighted by atomic mass is 9.69. The largest absolute Gasteiger partial charge is 0.438 e. The second kappa shape index (κ2) is 8.13. The van der Waals surface area contributed by atoms with E-state index in [9.17, 15) is 9.59 Å². The van der Waals surface area contributed by atoms with Crippen molar-refractivity contribution >= 4 is 12.2 Å². The monoisotopic (exact) mass is 432 g/mol. The average molecular weight is 433 g/mol. The fourth-order valence-corrected chi connectivity index (χ4v) is 6.23. The van der Waals surface area contributed by atoms with E-state index in [1.807, 2.05) is 6.08 Å². The molecule has 0 aromatic rings. The molecule has 4 N–H and O–H groups in total. The van der Waals surface area contributed by atoms with Crippen LogP contribution in [0.25, 0.3) is 0 Å². The predicted octanol–water partition coefficient (Wildman–Crippen LogP) is 3.29. The number of rotatable bonds is 7. The summed E-state index contributed by atoms with van der Waals surface area (Å²) in [5, 5.41) is 0. The van der Waals surface area contributed by atoms with Gasteiger partial charge in [-0.3, -0.25) is 0 Å². The molecule has 4 fully saturated rings. The van der Waals surface area contributed by atoms with Crippen LogP contribution in [0, 0.1) is 17.8 Å². The lowest BCUT2D eigenvalue weighted by molar-refractivity contribution is -0.0205. The van der Waals surface area contributed by atoms with Gasteiger partial charge in [-0.1, -0.05) is 6.08 Å². The van der Waals surface area contributed by atoms with Crippen LogP contribution < -0.4 is 11.5 Å². The lowest BCUT2D eigenvalue weighted by Gasteiger charge is -2.42. The van der Waals surface area contributed by atoms with Crippen molar-refractivity contribution in [1.82, 2.24) is 0 Å². The third-order valence-electron chi connectivity index (χ3n) is 7.79. The first kappa shape index (κ1) is 20.8. The first-order chi connectivity index (χ1) is 14.9. The van der Waals surface area contributed by atoms with E-state index in [4.69, 9.17) is 30.4 Å². The third-order valence-corrected chi connectivity index (χ3v) is 7.79. The number of primary amides is 2. The van der Waals surface area contributed by atoms with Crippen LogP contribution in [0.1, 0.15) is 57.8 Å². The van der Waals surface area contributed by atoms with Gasteiger partial charge in [0.2, 0.25) is 0 Å². The molecule has 8 nitrogen and oxygen atoms in total. The molecule has 7 unspecified atom stereocenters. The van der Waals surface area contributed by atoms with Crippen molar-refractivity contribution < 1.29 is 28.5 Å². The van der Waals surface area contributed by atoms with Crippen molar-refractivity contribution in [1.29, 1.82) is 0 Å². The first-order valence-corrected chi connectivity index (χ1v) is 11.6. The van der Waals surface area contributed by atoms with Crippen molar-refractivity contribution in [3.05, 3.63) is 24.0 Å². The van der Waals surface area contributed by atoms with E-state index in [2.05, 4.69) is 0 Å². The molecular weight excluding hydrogens is 400 g/mol. The number of amides is 2. The molecule has 0 radical (unpaired) electrons. The summed E-state index contributed by atoms with van der Waals surface area (Å²) in [6.07, 6.45) is 14.0. The standard InChI is InChI=1S/C23H32N2O6/c24-21(26)28-16-2-1-7-23(12-16,31-22(25)27)15(8-13-3-5-17-19(10-13)29-17)9-14-4-6-18-20(11-14)30-18/h1-2,7,13-15,17-20H,3-6,8-12H2,(H2,24,26)(H2,25,27). The van der Waals surface area contributed by atoms with E-state index in [1.165, 1.54) is 0 Å². The van der Waals surface area contributed by atoms with E-state index in [1.54, 1.807) is 12.2 Å². The molecule has 0 spiro atoms. The van der Waals surface area contributed by atoms with E-state index in [-0.39, 0.29) is 12.3 Å². The maximum atomic E-state index is 12.0. The molecule has 2 aliphatic heterocycles. The number of ether oxygens (including phenoxy) is 4. The molecule has 5 rings (SSSR count). The summed E-state index contributed by atoms with van der Waals surface area (Å²) in [6.45, 7) is 0. The fourth-order valence-electron chi connectivity index (χ4n) is 6.23. The molecule has 170 valence electrons. The Balaban J connectivity index is 1.37. The Morgan fingerprint density at radius 2 is 1.58 bits per heavy atom. The topological polar surface area (TPSA) is 130 Å². The van der Waals surface area contributed by atoms with Crippen molar-refractivity contribution in [2.24, 2.45) is 29.2 Å². The Kier molecular flexibility index (Phi) is 5.46. The Hall–Kier alpha value is -2.06. The Bertz CT molecular complexity index is 767. The van der Waals surface area contributed by atoms with Gasteiger partial charge in [-0.25, -0.2) is 9.59 Å². The normalized spacial score (nSPS) is 41.2. The molecule has 8 heteroatoms. The van der Waals surface area contributed by atoms with Crippen LogP contribution in [0.3, 0.4) is 0 Å². The number of hydrogen-bond acceptors (Lipinski definition) is 6. The van der Waals surface area contributed by atoms with Crippen LogP contribution in [-0.4, -0.2) is 42.2 Å². The highest BCUT2D eigenvalue weighted by molar-refractivity contribution is 5.67. The minimum Gasteiger partial charge on any atom is -0.438 e. The van der Waals surface area contributed by atoms with Crippen molar-refractivity contribution in [3.63, 3.8) is 0 Å². The predicted molar refractivity (Wildman–Crippen MR) is 111 cm³/mol. The van der Waals surface area contributed by atoms with Crippen LogP contribution >= 0.6 is 0 Å². The molecule has 3 aliphatic carbocycles. The zero-order valence-corrected chi connectivity index (χ0v) is 17.7. The summed E-state index contributed by atoms with van der Waals surface area (Å²) in [4.78, 5) is 23.3. The molecule has 0 aromatic heterocycles. The van der Waals surface area contributed by atoms with Crippen molar-refractivity contribution in [2.45, 2.75) is 87.8 Å². The van der Waals surface area contributed by atoms with Crippen LogP contribution in [0.4, 0.5) is 9.59 Å². The number of carbonyl (C=O) groups excluding carboxylic acids is 2. The second-order valence-electron chi connectivity index (χ2n) is 9.92. The Morgan fingerprint density at radius 3 is 2.10 bits per heavy atom. The highest BCUT2D eigenvalue weighted by Crippen LogP contribution is 2.49. The number of hydrogen-bond donors (Lipinski definition) is 2. The second-order valence-corrected chi connectivity index (χ2v) is 9.92. The molecule has 31 heavy (non-hydrogen) atoms. The zero-order valence-electron chi connectivity index (χ0n) is 17.7. The molecule has 0 aromatic carbocycles. The SMILES string of the molecule is NC(=O)OC1=CC=CC(OC(N)=O)(C(CC2CCC3OC3C2)CC2CCC3OC3C2)C1. The molecule has 2 heterocycles. The van der Waals surface area contributed by atoms with Gasteiger partial charge in [0, 0.05) is 12.3 Å². The lowest BCUT2D eigenvalue weighted by Crippen LogP contribution is -2.46. The molecule has 2 saturated carbocycles. The summed E-state index contributed by atoms with van der Waals surface area (Å²) in [6, 6.07) is 0. The number of epoxide rings is 2. The van der Waals surface area contributed by atoms with Crippen LogP contribution in [0.5, 0.6) is 0 Å². The van der Waals surface area contributed by atoms with E-state index in [0.29, 0.717) is 42.0 Å². The summed E-state index contributed by atoms with van der Waals surface area (Å²) < 4.78 is 22.5. The number of fused-ring (bicyclic) bond motifs is 2. The van der Waals surface area contributed by atoms with Crippen LogP contribution in [0.15, 0.2) is 24.0 Å². The van der Waals surface area contributed by atoms with Gasteiger partial charge in [0.05, 0.1) is 24.4 Å². The quantitative estimate of drug-likeness (QED) is 0.594. The maximum Gasteiger partial charge on any atom is 0.409 e. The summed E-state index contributed by atoms with van der Waals surface area (Å²) in [5.41, 5.74) is 9.82. The smallest absolute Gasteiger partial charge is 0.409 e. The number of allylic oxidation sites excluding steroid dienone is 2. The highest BCUT2D eigenvalue weighted by atomic mass is 16.6.